The Morgan fingerprint density at radius 2 is 1.68 bits per heavy atom. The fourth-order valence-electron chi connectivity index (χ4n) is 5.13. The van der Waals surface area contributed by atoms with E-state index in [0.29, 0.717) is 5.92 Å². The lowest BCUT2D eigenvalue weighted by Crippen LogP contribution is -2.46. The molecule has 0 aliphatic heterocycles. The van der Waals surface area contributed by atoms with Gasteiger partial charge in [-0.15, -0.1) is 22.9 Å². The molecule has 19 heavy (non-hydrogen) atoms. The lowest BCUT2D eigenvalue weighted by molar-refractivity contribution is -0.0378. The van der Waals surface area contributed by atoms with Crippen molar-refractivity contribution < 1.29 is 0 Å². The SMILES string of the molecule is Clc1sc(C(Cl)C2C3CC4CC(C3)CC2C4)cc1Br. The highest BCUT2D eigenvalue weighted by molar-refractivity contribution is 9.10. The molecular weight excluding hydrogens is 363 g/mol. The Morgan fingerprint density at radius 3 is 2.16 bits per heavy atom. The van der Waals surface area contributed by atoms with Gasteiger partial charge in [-0.2, -0.15) is 0 Å². The minimum atomic E-state index is 0.170. The largest absolute Gasteiger partial charge is 0.126 e. The number of rotatable bonds is 2. The first kappa shape index (κ1) is 13.4. The highest BCUT2D eigenvalue weighted by Gasteiger charge is 2.50. The van der Waals surface area contributed by atoms with E-state index in [2.05, 4.69) is 22.0 Å². The maximum Gasteiger partial charge on any atom is 0.107 e. The predicted molar refractivity (Wildman–Crippen MR) is 86.2 cm³/mol. The van der Waals surface area contributed by atoms with E-state index in [9.17, 15) is 0 Å². The van der Waals surface area contributed by atoms with Gasteiger partial charge >= 0.3 is 0 Å². The monoisotopic (exact) mass is 378 g/mol. The summed E-state index contributed by atoms with van der Waals surface area (Å²) in [5.41, 5.74) is 0. The second-order valence-electron chi connectivity index (χ2n) is 6.68. The Labute approximate surface area is 137 Å². The van der Waals surface area contributed by atoms with Crippen LogP contribution in [0.1, 0.15) is 42.4 Å². The fraction of sp³-hybridized carbons (Fsp3) is 0.733. The summed E-state index contributed by atoms with van der Waals surface area (Å²) in [6.07, 6.45) is 7.23. The molecular formula is C15H17BrCl2S. The molecule has 1 heterocycles. The molecule has 0 saturated heterocycles. The Bertz CT molecular complexity index is 451. The van der Waals surface area contributed by atoms with Crippen LogP contribution in [0.5, 0.6) is 0 Å². The minimum absolute atomic E-state index is 0.170. The van der Waals surface area contributed by atoms with Crippen LogP contribution in [0.2, 0.25) is 4.34 Å². The van der Waals surface area contributed by atoms with Crippen molar-refractivity contribution in [3.8, 4) is 0 Å². The van der Waals surface area contributed by atoms with E-state index in [1.165, 1.54) is 37.0 Å². The van der Waals surface area contributed by atoms with Gasteiger partial charge in [-0.05, 0) is 83.7 Å². The summed E-state index contributed by atoms with van der Waals surface area (Å²) in [5, 5.41) is 0.170. The van der Waals surface area contributed by atoms with Crippen molar-refractivity contribution in [1.82, 2.24) is 0 Å². The van der Waals surface area contributed by atoms with E-state index >= 15 is 0 Å². The lowest BCUT2D eigenvalue weighted by Gasteiger charge is -2.55. The summed E-state index contributed by atoms with van der Waals surface area (Å²) in [6.45, 7) is 0. The van der Waals surface area contributed by atoms with Crippen LogP contribution in [-0.2, 0) is 0 Å². The highest BCUT2D eigenvalue weighted by Crippen LogP contribution is 2.61. The quantitative estimate of drug-likeness (QED) is 0.513. The summed E-state index contributed by atoms with van der Waals surface area (Å²) in [4.78, 5) is 1.26. The first-order chi connectivity index (χ1) is 9.11. The van der Waals surface area contributed by atoms with Crippen LogP contribution in [0.3, 0.4) is 0 Å². The van der Waals surface area contributed by atoms with Crippen molar-refractivity contribution >= 4 is 50.5 Å². The normalized spacial score (nSPS) is 41.7. The van der Waals surface area contributed by atoms with E-state index in [0.717, 1.165) is 32.5 Å². The van der Waals surface area contributed by atoms with Gasteiger partial charge in [0, 0.05) is 9.35 Å². The Morgan fingerprint density at radius 1 is 1.11 bits per heavy atom. The molecule has 104 valence electrons. The molecule has 0 nitrogen and oxygen atoms in total. The molecule has 0 N–H and O–H groups in total. The Hall–Kier alpha value is 0.760. The molecule has 5 rings (SSSR count). The molecule has 1 atom stereocenters. The van der Waals surface area contributed by atoms with Gasteiger partial charge in [0.05, 0.1) is 5.38 Å². The van der Waals surface area contributed by atoms with Crippen LogP contribution >= 0.6 is 50.5 Å². The van der Waals surface area contributed by atoms with E-state index in [1.807, 2.05) is 0 Å². The molecule has 4 bridgehead atoms. The first-order valence-electron chi connectivity index (χ1n) is 7.20. The number of thiophene rings is 1. The van der Waals surface area contributed by atoms with Crippen molar-refractivity contribution in [2.45, 2.75) is 37.5 Å². The van der Waals surface area contributed by atoms with Crippen LogP contribution in [0.4, 0.5) is 0 Å². The number of hydrogen-bond donors (Lipinski definition) is 0. The number of hydrogen-bond acceptors (Lipinski definition) is 1. The lowest BCUT2D eigenvalue weighted by atomic mass is 9.51. The molecule has 1 aromatic heterocycles. The molecule has 4 aliphatic carbocycles. The summed E-state index contributed by atoms with van der Waals surface area (Å²) in [6, 6.07) is 2.13. The summed E-state index contributed by atoms with van der Waals surface area (Å²) < 4.78 is 1.84. The van der Waals surface area contributed by atoms with Crippen LogP contribution < -0.4 is 0 Å². The Kier molecular flexibility index (Phi) is 3.46. The van der Waals surface area contributed by atoms with Gasteiger partial charge in [-0.3, -0.25) is 0 Å². The van der Waals surface area contributed by atoms with Gasteiger partial charge in [-0.1, -0.05) is 11.6 Å². The zero-order chi connectivity index (χ0) is 13.1. The number of halogens is 3. The third-order valence-corrected chi connectivity index (χ3v) is 8.79. The summed E-state index contributed by atoms with van der Waals surface area (Å²) in [7, 11) is 0. The van der Waals surface area contributed by atoms with Gasteiger partial charge < -0.3 is 0 Å². The second kappa shape index (κ2) is 4.90. The van der Waals surface area contributed by atoms with E-state index < -0.39 is 0 Å². The van der Waals surface area contributed by atoms with Crippen LogP contribution in [0.25, 0.3) is 0 Å². The average Bonchev–Trinajstić information content (AvgIpc) is 2.68. The smallest absolute Gasteiger partial charge is 0.107 e. The van der Waals surface area contributed by atoms with Gasteiger partial charge in [-0.25, -0.2) is 0 Å². The molecule has 1 aromatic rings. The van der Waals surface area contributed by atoms with Gasteiger partial charge in [0.15, 0.2) is 0 Å². The maximum atomic E-state index is 6.87. The minimum Gasteiger partial charge on any atom is -0.126 e. The Balaban J connectivity index is 1.61. The van der Waals surface area contributed by atoms with E-state index in [4.69, 9.17) is 23.2 Å². The molecule has 4 aliphatic rings. The fourth-order valence-corrected chi connectivity index (χ4v) is 7.51. The standard InChI is InChI=1S/C15H17BrCl2S/c16-11-6-12(19-15(11)18)14(17)13-9-2-7-1-8(4-9)5-10(13)3-7/h6-10,13-14H,1-5H2. The molecule has 4 fully saturated rings. The average molecular weight is 380 g/mol. The topological polar surface area (TPSA) is 0 Å². The van der Waals surface area contributed by atoms with E-state index in [1.54, 1.807) is 11.3 Å². The molecule has 0 radical (unpaired) electrons. The van der Waals surface area contributed by atoms with E-state index in [-0.39, 0.29) is 5.38 Å². The molecule has 4 heteroatoms. The molecule has 0 amide bonds. The van der Waals surface area contributed by atoms with Gasteiger partial charge in [0.2, 0.25) is 0 Å². The number of alkyl halides is 1. The third kappa shape index (κ3) is 2.22. The van der Waals surface area contributed by atoms with Crippen molar-refractivity contribution in [1.29, 1.82) is 0 Å². The van der Waals surface area contributed by atoms with Crippen molar-refractivity contribution in [2.24, 2.45) is 29.6 Å². The van der Waals surface area contributed by atoms with Crippen molar-refractivity contribution in [2.75, 3.05) is 0 Å². The van der Waals surface area contributed by atoms with Crippen LogP contribution in [-0.4, -0.2) is 0 Å². The zero-order valence-corrected chi connectivity index (χ0v) is 14.5. The molecule has 1 unspecified atom stereocenters. The summed E-state index contributed by atoms with van der Waals surface area (Å²) >= 11 is 18.2. The highest BCUT2D eigenvalue weighted by atomic mass is 79.9. The van der Waals surface area contributed by atoms with Crippen molar-refractivity contribution in [3.05, 3.63) is 19.8 Å². The van der Waals surface area contributed by atoms with Gasteiger partial charge in [0.25, 0.3) is 0 Å². The third-order valence-electron chi connectivity index (χ3n) is 5.57. The van der Waals surface area contributed by atoms with Crippen molar-refractivity contribution in [3.63, 3.8) is 0 Å². The second-order valence-corrected chi connectivity index (χ2v) is 9.69. The van der Waals surface area contributed by atoms with Gasteiger partial charge in [0.1, 0.15) is 4.34 Å². The molecule has 0 aromatic carbocycles. The predicted octanol–water partition coefficient (Wildman–Crippen LogP) is 6.52. The first-order valence-corrected chi connectivity index (χ1v) is 9.63. The zero-order valence-electron chi connectivity index (χ0n) is 10.6. The maximum absolute atomic E-state index is 6.87. The van der Waals surface area contributed by atoms with Crippen LogP contribution in [0.15, 0.2) is 10.5 Å². The molecule has 0 spiro atoms. The van der Waals surface area contributed by atoms with Crippen LogP contribution in [0, 0.1) is 29.6 Å². The molecule has 4 saturated carbocycles. The summed E-state index contributed by atoms with van der Waals surface area (Å²) in [5.74, 6) is 4.47.